The van der Waals surface area contributed by atoms with Crippen molar-refractivity contribution in [2.75, 3.05) is 23.9 Å². The monoisotopic (exact) mass is 352 g/mol. The first kappa shape index (κ1) is 17.0. The molecule has 1 amide bonds. The van der Waals surface area contributed by atoms with Gasteiger partial charge in [0.25, 0.3) is 5.91 Å². The average Bonchev–Trinajstić information content (AvgIpc) is 3.18. The van der Waals surface area contributed by atoms with Gasteiger partial charge < -0.3 is 15.0 Å². The van der Waals surface area contributed by atoms with E-state index < -0.39 is 0 Å². The topological polar surface area (TPSA) is 41.6 Å². The van der Waals surface area contributed by atoms with E-state index in [2.05, 4.69) is 5.32 Å². The third kappa shape index (κ3) is 4.61. The van der Waals surface area contributed by atoms with E-state index in [-0.39, 0.29) is 12.5 Å². The smallest absolute Gasteiger partial charge is 0.265 e. The summed E-state index contributed by atoms with van der Waals surface area (Å²) in [7, 11) is 1.86. The summed E-state index contributed by atoms with van der Waals surface area (Å²) in [6.45, 7) is 0.543. The molecule has 3 aromatic rings. The van der Waals surface area contributed by atoms with Gasteiger partial charge in [-0.05, 0) is 47.8 Å². The summed E-state index contributed by atoms with van der Waals surface area (Å²) in [6, 6.07) is 21.2. The molecule has 0 aliphatic heterocycles. The second kappa shape index (κ2) is 8.35. The van der Waals surface area contributed by atoms with Crippen molar-refractivity contribution in [3.05, 3.63) is 77.0 Å². The summed E-state index contributed by atoms with van der Waals surface area (Å²) in [5, 5.41) is 5.07. The second-order valence-electron chi connectivity index (χ2n) is 5.46. The lowest BCUT2D eigenvalue weighted by atomic mass is 10.2. The number of ether oxygens (including phenoxy) is 1. The third-order valence-corrected chi connectivity index (χ3v) is 4.63. The molecule has 1 N–H and O–H groups in total. The first-order valence-corrected chi connectivity index (χ1v) is 8.92. The zero-order valence-electron chi connectivity index (χ0n) is 14.0. The van der Waals surface area contributed by atoms with Crippen LogP contribution in [0.15, 0.2) is 72.1 Å². The molecule has 0 radical (unpaired) electrons. The van der Waals surface area contributed by atoms with Crippen LogP contribution in [-0.4, -0.2) is 19.6 Å². The van der Waals surface area contributed by atoms with Crippen molar-refractivity contribution in [2.24, 2.45) is 0 Å². The normalized spacial score (nSPS) is 10.3. The standard InChI is InChI=1S/C20H20N2O2S/c1-21-16-9-11-18(12-10-16)24-15-20(23)22(14-19-8-5-13-25-19)17-6-3-2-4-7-17/h2-13,21H,14-15H2,1H3. The van der Waals surface area contributed by atoms with Crippen LogP contribution in [0.25, 0.3) is 0 Å². The SMILES string of the molecule is CNc1ccc(OCC(=O)N(Cc2cccs2)c2ccccc2)cc1. The van der Waals surface area contributed by atoms with Gasteiger partial charge in [0, 0.05) is 23.3 Å². The fraction of sp³-hybridized carbons (Fsp3) is 0.150. The molecule has 0 saturated carbocycles. The maximum Gasteiger partial charge on any atom is 0.265 e. The van der Waals surface area contributed by atoms with Crippen LogP contribution in [0.5, 0.6) is 5.75 Å². The largest absolute Gasteiger partial charge is 0.484 e. The van der Waals surface area contributed by atoms with Crippen molar-refractivity contribution in [3.63, 3.8) is 0 Å². The van der Waals surface area contributed by atoms with E-state index in [0.29, 0.717) is 12.3 Å². The summed E-state index contributed by atoms with van der Waals surface area (Å²) < 4.78 is 5.67. The zero-order chi connectivity index (χ0) is 17.5. The molecule has 2 aromatic carbocycles. The minimum atomic E-state index is -0.0720. The number of carbonyl (C=O) groups is 1. The average molecular weight is 352 g/mol. The number of amides is 1. The molecule has 0 saturated heterocycles. The molecule has 0 atom stereocenters. The first-order valence-electron chi connectivity index (χ1n) is 8.04. The van der Waals surface area contributed by atoms with Gasteiger partial charge in [0.15, 0.2) is 6.61 Å². The van der Waals surface area contributed by atoms with Crippen molar-refractivity contribution in [1.82, 2.24) is 0 Å². The molecule has 1 heterocycles. The molecule has 1 aromatic heterocycles. The van der Waals surface area contributed by atoms with Gasteiger partial charge in [0.05, 0.1) is 6.54 Å². The van der Waals surface area contributed by atoms with Crippen LogP contribution >= 0.6 is 11.3 Å². The van der Waals surface area contributed by atoms with E-state index in [1.54, 1.807) is 16.2 Å². The molecular weight excluding hydrogens is 332 g/mol. The van der Waals surface area contributed by atoms with E-state index in [9.17, 15) is 4.79 Å². The van der Waals surface area contributed by atoms with Gasteiger partial charge in [0.1, 0.15) is 5.75 Å². The summed E-state index contributed by atoms with van der Waals surface area (Å²) in [5.41, 5.74) is 1.87. The third-order valence-electron chi connectivity index (χ3n) is 3.77. The molecule has 5 heteroatoms. The Kier molecular flexibility index (Phi) is 5.69. The molecule has 4 nitrogen and oxygen atoms in total. The maximum atomic E-state index is 12.8. The van der Waals surface area contributed by atoms with E-state index in [1.165, 1.54) is 0 Å². The van der Waals surface area contributed by atoms with Gasteiger partial charge in [-0.15, -0.1) is 11.3 Å². The second-order valence-corrected chi connectivity index (χ2v) is 6.49. The van der Waals surface area contributed by atoms with Gasteiger partial charge in [-0.1, -0.05) is 24.3 Å². The number of nitrogens with one attached hydrogen (secondary N) is 1. The highest BCUT2D eigenvalue weighted by molar-refractivity contribution is 7.09. The molecular formula is C20H20N2O2S. The Morgan fingerprint density at radius 3 is 2.44 bits per heavy atom. The highest BCUT2D eigenvalue weighted by Crippen LogP contribution is 2.20. The first-order chi connectivity index (χ1) is 12.3. The molecule has 128 valence electrons. The van der Waals surface area contributed by atoms with Crippen molar-refractivity contribution >= 4 is 28.6 Å². The van der Waals surface area contributed by atoms with E-state index in [0.717, 1.165) is 16.3 Å². The lowest BCUT2D eigenvalue weighted by molar-refractivity contribution is -0.120. The number of rotatable bonds is 7. The lowest BCUT2D eigenvalue weighted by Crippen LogP contribution is -2.34. The van der Waals surface area contributed by atoms with Gasteiger partial charge in [-0.3, -0.25) is 4.79 Å². The number of para-hydroxylation sites is 1. The molecule has 0 unspecified atom stereocenters. The van der Waals surface area contributed by atoms with E-state index >= 15 is 0 Å². The van der Waals surface area contributed by atoms with Gasteiger partial charge in [0.2, 0.25) is 0 Å². The Hall–Kier alpha value is -2.79. The zero-order valence-corrected chi connectivity index (χ0v) is 14.8. The molecule has 25 heavy (non-hydrogen) atoms. The van der Waals surface area contributed by atoms with Gasteiger partial charge in [-0.2, -0.15) is 0 Å². The van der Waals surface area contributed by atoms with Gasteiger partial charge >= 0.3 is 0 Å². The Balaban J connectivity index is 1.70. The predicted molar refractivity (Wildman–Crippen MR) is 103 cm³/mol. The number of benzene rings is 2. The predicted octanol–water partition coefficient (Wildman–Crippen LogP) is 4.40. The lowest BCUT2D eigenvalue weighted by Gasteiger charge is -2.22. The minimum Gasteiger partial charge on any atom is -0.484 e. The number of nitrogens with zero attached hydrogens (tertiary/aromatic N) is 1. The molecule has 0 bridgehead atoms. The van der Waals surface area contributed by atoms with Crippen LogP contribution in [0.4, 0.5) is 11.4 Å². The summed E-state index contributed by atoms with van der Waals surface area (Å²) in [4.78, 5) is 15.7. The summed E-state index contributed by atoms with van der Waals surface area (Å²) in [5.74, 6) is 0.605. The highest BCUT2D eigenvalue weighted by Gasteiger charge is 2.17. The van der Waals surface area contributed by atoms with Crippen LogP contribution in [0.1, 0.15) is 4.88 Å². The van der Waals surface area contributed by atoms with Crippen molar-refractivity contribution < 1.29 is 9.53 Å². The number of hydrogen-bond acceptors (Lipinski definition) is 4. The molecule has 0 spiro atoms. The molecule has 3 rings (SSSR count). The van der Waals surface area contributed by atoms with Crippen LogP contribution in [0.3, 0.4) is 0 Å². The molecule has 0 aliphatic carbocycles. The summed E-state index contributed by atoms with van der Waals surface area (Å²) in [6.07, 6.45) is 0. The maximum absolute atomic E-state index is 12.8. The van der Waals surface area contributed by atoms with Crippen LogP contribution in [0, 0.1) is 0 Å². The van der Waals surface area contributed by atoms with Crippen molar-refractivity contribution in [1.29, 1.82) is 0 Å². The molecule has 0 aliphatic rings. The van der Waals surface area contributed by atoms with Gasteiger partial charge in [-0.25, -0.2) is 0 Å². The quantitative estimate of drug-likeness (QED) is 0.685. The minimum absolute atomic E-state index is 0.000824. The Morgan fingerprint density at radius 1 is 1.04 bits per heavy atom. The Bertz CT molecular complexity index is 786. The van der Waals surface area contributed by atoms with Crippen LogP contribution in [-0.2, 0) is 11.3 Å². The number of anilines is 2. The van der Waals surface area contributed by atoms with Crippen molar-refractivity contribution in [2.45, 2.75) is 6.54 Å². The molecule has 0 fully saturated rings. The van der Waals surface area contributed by atoms with Crippen LogP contribution < -0.4 is 15.0 Å². The van der Waals surface area contributed by atoms with Crippen LogP contribution in [0.2, 0.25) is 0 Å². The number of hydrogen-bond donors (Lipinski definition) is 1. The fourth-order valence-electron chi connectivity index (χ4n) is 2.43. The van der Waals surface area contributed by atoms with Crippen molar-refractivity contribution in [3.8, 4) is 5.75 Å². The number of thiophene rings is 1. The van der Waals surface area contributed by atoms with E-state index in [4.69, 9.17) is 4.74 Å². The Labute approximate surface area is 151 Å². The van der Waals surface area contributed by atoms with E-state index in [1.807, 2.05) is 79.2 Å². The Morgan fingerprint density at radius 2 is 1.80 bits per heavy atom. The fourth-order valence-corrected chi connectivity index (χ4v) is 3.12. The number of carbonyl (C=O) groups excluding carboxylic acids is 1. The highest BCUT2D eigenvalue weighted by atomic mass is 32.1. The summed E-state index contributed by atoms with van der Waals surface area (Å²) >= 11 is 1.64.